The Morgan fingerprint density at radius 3 is 2.81 bits per heavy atom. The van der Waals surface area contributed by atoms with E-state index < -0.39 is 11.7 Å². The molecule has 1 aliphatic heterocycles. The number of nitrogens with zero attached hydrogens (tertiary/aromatic N) is 2. The van der Waals surface area contributed by atoms with Crippen molar-refractivity contribution in [1.29, 1.82) is 0 Å². The van der Waals surface area contributed by atoms with Crippen LogP contribution in [0.2, 0.25) is 0 Å². The van der Waals surface area contributed by atoms with E-state index in [1.54, 1.807) is 6.20 Å². The van der Waals surface area contributed by atoms with Crippen molar-refractivity contribution in [1.82, 2.24) is 15.3 Å². The fourth-order valence-electron chi connectivity index (χ4n) is 3.07. The van der Waals surface area contributed by atoms with Gasteiger partial charge in [0.2, 0.25) is 11.9 Å². The number of hydrogen-bond acceptors (Lipinski definition) is 7. The average Bonchev–Trinajstić information content (AvgIpc) is 2.68. The largest absolute Gasteiger partial charge is 0.444 e. The van der Waals surface area contributed by atoms with Crippen LogP contribution in [0.15, 0.2) is 24.4 Å². The van der Waals surface area contributed by atoms with E-state index >= 15 is 0 Å². The van der Waals surface area contributed by atoms with Crippen molar-refractivity contribution in [2.45, 2.75) is 52.6 Å². The van der Waals surface area contributed by atoms with E-state index in [1.165, 1.54) is 0 Å². The fraction of sp³-hybridized carbons (Fsp3) is 0.455. The summed E-state index contributed by atoms with van der Waals surface area (Å²) < 4.78 is 5.21. The van der Waals surface area contributed by atoms with Gasteiger partial charge in [-0.05, 0) is 64.3 Å². The molecule has 0 radical (unpaired) electrons. The summed E-state index contributed by atoms with van der Waals surface area (Å²) in [6.07, 6.45) is 3.28. The van der Waals surface area contributed by atoms with Gasteiger partial charge in [-0.3, -0.25) is 4.79 Å². The average molecular weight is 427 g/mol. The Hall–Kier alpha value is -3.36. The lowest BCUT2D eigenvalue weighted by Gasteiger charge is -2.19. The van der Waals surface area contributed by atoms with E-state index in [-0.39, 0.29) is 5.91 Å². The van der Waals surface area contributed by atoms with Gasteiger partial charge in [0, 0.05) is 42.6 Å². The lowest BCUT2D eigenvalue weighted by molar-refractivity contribution is -0.116. The second-order valence-corrected chi connectivity index (χ2v) is 8.48. The standard InChI is InChI=1S/C22H30N6O3/c1-14-13-25-20(26-16-7-8-17-15(12-16)6-9-18(29)27-17)28-19(14)23-10-5-11-24-21(30)31-22(2,3)4/h7-8,12-13H,5-6,9-11H2,1-4H3,(H,24,30)(H,27,29)(H2,23,25,26,28). The number of rotatable bonds is 7. The van der Waals surface area contributed by atoms with Crippen molar-refractivity contribution in [2.24, 2.45) is 0 Å². The number of carbonyl (C=O) groups excluding carboxylic acids is 2. The topological polar surface area (TPSA) is 117 Å². The van der Waals surface area contributed by atoms with E-state index in [0.29, 0.717) is 25.5 Å². The Labute approximate surface area is 182 Å². The lowest BCUT2D eigenvalue weighted by Crippen LogP contribution is -2.33. The number of aryl methyl sites for hydroxylation is 2. The highest BCUT2D eigenvalue weighted by atomic mass is 16.6. The first-order valence-corrected chi connectivity index (χ1v) is 10.4. The molecule has 2 heterocycles. The normalized spacial score (nSPS) is 13.1. The molecule has 4 N–H and O–H groups in total. The number of nitrogens with one attached hydrogen (secondary N) is 4. The molecule has 1 aromatic heterocycles. The number of hydrogen-bond donors (Lipinski definition) is 4. The second kappa shape index (κ2) is 9.63. The molecule has 9 nitrogen and oxygen atoms in total. The highest BCUT2D eigenvalue weighted by Gasteiger charge is 2.16. The number of fused-ring (bicyclic) bond motifs is 1. The third-order valence-electron chi connectivity index (χ3n) is 4.54. The molecule has 0 unspecified atom stereocenters. The SMILES string of the molecule is Cc1cnc(Nc2ccc3c(c2)CCC(=O)N3)nc1NCCCNC(=O)OC(C)(C)C. The first-order valence-electron chi connectivity index (χ1n) is 10.4. The van der Waals surface area contributed by atoms with Gasteiger partial charge in [0.1, 0.15) is 11.4 Å². The molecule has 3 rings (SSSR count). The molecule has 0 spiro atoms. The summed E-state index contributed by atoms with van der Waals surface area (Å²) in [6, 6.07) is 5.79. The quantitative estimate of drug-likeness (QED) is 0.498. The van der Waals surface area contributed by atoms with E-state index in [0.717, 1.165) is 41.2 Å². The summed E-state index contributed by atoms with van der Waals surface area (Å²) in [6.45, 7) is 8.58. The smallest absolute Gasteiger partial charge is 0.407 e. The maximum Gasteiger partial charge on any atom is 0.407 e. The number of carbonyl (C=O) groups is 2. The maximum atomic E-state index is 11.7. The van der Waals surface area contributed by atoms with Crippen molar-refractivity contribution in [2.75, 3.05) is 29.0 Å². The summed E-state index contributed by atoms with van der Waals surface area (Å²) in [7, 11) is 0. The number of amides is 2. The van der Waals surface area contributed by atoms with Gasteiger partial charge in [0.05, 0.1) is 0 Å². The van der Waals surface area contributed by atoms with Crippen LogP contribution in [-0.2, 0) is 16.0 Å². The van der Waals surface area contributed by atoms with Crippen molar-refractivity contribution in [3.8, 4) is 0 Å². The Balaban J connectivity index is 1.51. The Morgan fingerprint density at radius 2 is 2.03 bits per heavy atom. The molecule has 1 aromatic carbocycles. The van der Waals surface area contributed by atoms with Crippen LogP contribution in [0.4, 0.5) is 27.9 Å². The molecule has 31 heavy (non-hydrogen) atoms. The lowest BCUT2D eigenvalue weighted by atomic mass is 10.0. The molecular formula is C22H30N6O3. The molecule has 0 aliphatic carbocycles. The van der Waals surface area contributed by atoms with E-state index in [4.69, 9.17) is 4.74 Å². The van der Waals surface area contributed by atoms with Crippen LogP contribution in [0.25, 0.3) is 0 Å². The molecule has 1 aliphatic rings. The number of alkyl carbamates (subject to hydrolysis) is 1. The Bertz CT molecular complexity index is 955. The first-order chi connectivity index (χ1) is 14.7. The summed E-state index contributed by atoms with van der Waals surface area (Å²) in [5.41, 5.74) is 3.24. The minimum Gasteiger partial charge on any atom is -0.444 e. The molecule has 0 fully saturated rings. The van der Waals surface area contributed by atoms with Crippen LogP contribution >= 0.6 is 0 Å². The van der Waals surface area contributed by atoms with Crippen molar-refractivity contribution < 1.29 is 14.3 Å². The molecule has 166 valence electrons. The first kappa shape index (κ1) is 22.3. The van der Waals surface area contributed by atoms with Crippen LogP contribution in [0, 0.1) is 6.92 Å². The van der Waals surface area contributed by atoms with Gasteiger partial charge < -0.3 is 26.0 Å². The number of ether oxygens (including phenoxy) is 1. The highest BCUT2D eigenvalue weighted by Crippen LogP contribution is 2.27. The molecule has 9 heteroatoms. The van der Waals surface area contributed by atoms with Gasteiger partial charge in [-0.25, -0.2) is 9.78 Å². The minimum atomic E-state index is -0.504. The molecule has 0 saturated heterocycles. The van der Waals surface area contributed by atoms with Crippen molar-refractivity contribution >= 4 is 35.1 Å². The highest BCUT2D eigenvalue weighted by molar-refractivity contribution is 5.94. The van der Waals surface area contributed by atoms with Crippen molar-refractivity contribution in [3.63, 3.8) is 0 Å². The molecule has 0 saturated carbocycles. The zero-order chi connectivity index (χ0) is 22.4. The zero-order valence-corrected chi connectivity index (χ0v) is 18.5. The summed E-state index contributed by atoms with van der Waals surface area (Å²) in [5, 5.41) is 12.1. The van der Waals surface area contributed by atoms with Crippen LogP contribution in [0.5, 0.6) is 0 Å². The molecule has 2 aromatic rings. The second-order valence-electron chi connectivity index (χ2n) is 8.48. The van der Waals surface area contributed by atoms with Crippen LogP contribution in [0.1, 0.15) is 44.7 Å². The van der Waals surface area contributed by atoms with Gasteiger partial charge >= 0.3 is 6.09 Å². The van der Waals surface area contributed by atoms with Gasteiger partial charge in [-0.2, -0.15) is 4.98 Å². The van der Waals surface area contributed by atoms with Gasteiger partial charge in [0.25, 0.3) is 0 Å². The van der Waals surface area contributed by atoms with Crippen LogP contribution < -0.4 is 21.3 Å². The van der Waals surface area contributed by atoms with Crippen LogP contribution in [-0.4, -0.2) is 40.7 Å². The summed E-state index contributed by atoms with van der Waals surface area (Å²) in [5.74, 6) is 1.27. The molecular weight excluding hydrogens is 396 g/mol. The van der Waals surface area contributed by atoms with E-state index in [9.17, 15) is 9.59 Å². The van der Waals surface area contributed by atoms with E-state index in [2.05, 4.69) is 31.2 Å². The molecule has 0 bridgehead atoms. The fourth-order valence-corrected chi connectivity index (χ4v) is 3.07. The zero-order valence-electron chi connectivity index (χ0n) is 18.5. The van der Waals surface area contributed by atoms with Crippen molar-refractivity contribution in [3.05, 3.63) is 35.5 Å². The number of benzene rings is 1. The maximum absolute atomic E-state index is 11.7. The Morgan fingerprint density at radius 1 is 1.23 bits per heavy atom. The number of anilines is 4. The summed E-state index contributed by atoms with van der Waals surface area (Å²) in [4.78, 5) is 32.1. The predicted octanol–water partition coefficient (Wildman–Crippen LogP) is 3.74. The van der Waals surface area contributed by atoms with Gasteiger partial charge in [-0.1, -0.05) is 0 Å². The summed E-state index contributed by atoms with van der Waals surface area (Å²) >= 11 is 0. The third-order valence-corrected chi connectivity index (χ3v) is 4.54. The van der Waals surface area contributed by atoms with Crippen LogP contribution in [0.3, 0.4) is 0 Å². The van der Waals surface area contributed by atoms with E-state index in [1.807, 2.05) is 45.9 Å². The predicted molar refractivity (Wildman–Crippen MR) is 121 cm³/mol. The minimum absolute atomic E-state index is 0.0482. The molecule has 2 amide bonds. The number of aromatic nitrogens is 2. The Kier molecular flexibility index (Phi) is 6.94. The third kappa shape index (κ3) is 6.84. The van der Waals surface area contributed by atoms with Gasteiger partial charge in [0.15, 0.2) is 0 Å². The monoisotopic (exact) mass is 426 g/mol. The molecule has 0 atom stereocenters. The van der Waals surface area contributed by atoms with Gasteiger partial charge in [-0.15, -0.1) is 0 Å².